The summed E-state index contributed by atoms with van der Waals surface area (Å²) in [4.78, 5) is 26.3. The number of carbonyl (C=O) groups excluding carboxylic acids is 1. The molecule has 0 bridgehead atoms. The van der Waals surface area contributed by atoms with Crippen LogP contribution in [0, 0.1) is 0 Å². The molecule has 1 fully saturated rings. The zero-order valence-corrected chi connectivity index (χ0v) is 16.3. The molecule has 4 heterocycles. The molecule has 10 heteroatoms. The number of imidazole rings is 1. The van der Waals surface area contributed by atoms with Gasteiger partial charge in [0.1, 0.15) is 17.3 Å². The zero-order valence-electron chi connectivity index (χ0n) is 16.3. The number of likely N-dealkylation sites (tertiary alicyclic amines) is 1. The highest BCUT2D eigenvalue weighted by Crippen LogP contribution is 2.31. The standard InChI is InChI=1S/C20H20F3N5O2/c1-2-14-9-17(20(21,22)23)26-18(25-14)13-5-7-28(10-13)19(29)16-4-3-15(30-16)11-27-8-6-24-12-27/h3-4,6,8-9,12-13H,2,5,7,10-11H2,1H3/t13-/m1/s1. The Morgan fingerprint density at radius 3 is 2.83 bits per heavy atom. The Balaban J connectivity index is 1.47. The average Bonchev–Trinajstić information content (AvgIpc) is 3.48. The second-order valence-electron chi connectivity index (χ2n) is 7.19. The summed E-state index contributed by atoms with van der Waals surface area (Å²) in [6.07, 6.45) is 1.43. The van der Waals surface area contributed by atoms with Crippen LogP contribution in [0.1, 0.15) is 52.8 Å². The number of nitrogens with zero attached hydrogens (tertiary/aromatic N) is 5. The summed E-state index contributed by atoms with van der Waals surface area (Å²) < 4.78 is 47.0. The first-order valence-electron chi connectivity index (χ1n) is 9.62. The van der Waals surface area contributed by atoms with E-state index < -0.39 is 11.9 Å². The molecule has 158 valence electrons. The Morgan fingerprint density at radius 1 is 1.30 bits per heavy atom. The molecule has 3 aromatic rings. The number of furan rings is 1. The quantitative estimate of drug-likeness (QED) is 0.632. The smallest absolute Gasteiger partial charge is 0.433 e. The van der Waals surface area contributed by atoms with Gasteiger partial charge in [0.15, 0.2) is 5.76 Å². The Bertz CT molecular complexity index is 1030. The van der Waals surface area contributed by atoms with Gasteiger partial charge in [0, 0.05) is 37.1 Å². The van der Waals surface area contributed by atoms with Crippen LogP contribution in [0.4, 0.5) is 13.2 Å². The SMILES string of the molecule is CCc1cc(C(F)(F)F)nc([C@@H]2CCN(C(=O)c3ccc(Cn4ccnc4)o3)C2)n1. The van der Waals surface area contributed by atoms with Crippen molar-refractivity contribution in [1.82, 2.24) is 24.4 Å². The van der Waals surface area contributed by atoms with E-state index in [4.69, 9.17) is 4.42 Å². The second kappa shape index (κ2) is 7.92. The molecule has 0 unspecified atom stereocenters. The summed E-state index contributed by atoms with van der Waals surface area (Å²) >= 11 is 0. The van der Waals surface area contributed by atoms with Crippen LogP contribution in [0.25, 0.3) is 0 Å². The number of hydrogen-bond donors (Lipinski definition) is 0. The molecule has 3 aromatic heterocycles. The maximum Gasteiger partial charge on any atom is 0.433 e. The largest absolute Gasteiger partial charge is 0.454 e. The van der Waals surface area contributed by atoms with Crippen molar-refractivity contribution in [3.63, 3.8) is 0 Å². The van der Waals surface area contributed by atoms with Crippen molar-refractivity contribution in [2.75, 3.05) is 13.1 Å². The molecule has 0 aliphatic carbocycles. The molecule has 0 aromatic carbocycles. The lowest BCUT2D eigenvalue weighted by Gasteiger charge is -2.16. The fourth-order valence-electron chi connectivity index (χ4n) is 3.48. The number of aromatic nitrogens is 4. The molecule has 1 atom stereocenters. The van der Waals surface area contributed by atoms with E-state index in [1.807, 2.05) is 4.57 Å². The van der Waals surface area contributed by atoms with E-state index in [0.29, 0.717) is 37.4 Å². The van der Waals surface area contributed by atoms with Crippen molar-refractivity contribution in [3.8, 4) is 0 Å². The Labute approximate surface area is 170 Å². The average molecular weight is 419 g/mol. The van der Waals surface area contributed by atoms with E-state index in [1.165, 1.54) is 0 Å². The van der Waals surface area contributed by atoms with Gasteiger partial charge in [0.25, 0.3) is 5.91 Å². The van der Waals surface area contributed by atoms with Crippen LogP contribution >= 0.6 is 0 Å². The summed E-state index contributed by atoms with van der Waals surface area (Å²) in [7, 11) is 0. The van der Waals surface area contributed by atoms with E-state index in [-0.39, 0.29) is 30.0 Å². The maximum atomic E-state index is 13.2. The van der Waals surface area contributed by atoms with Crippen LogP contribution in [0.2, 0.25) is 0 Å². The van der Waals surface area contributed by atoms with Crippen molar-refractivity contribution in [1.29, 1.82) is 0 Å². The van der Waals surface area contributed by atoms with Crippen molar-refractivity contribution in [3.05, 3.63) is 65.7 Å². The molecule has 1 aliphatic rings. The van der Waals surface area contributed by atoms with Gasteiger partial charge in [-0.25, -0.2) is 15.0 Å². The number of amides is 1. The minimum atomic E-state index is -4.53. The van der Waals surface area contributed by atoms with Gasteiger partial charge >= 0.3 is 6.18 Å². The Hall–Kier alpha value is -3.17. The number of aryl methyl sites for hydroxylation is 1. The van der Waals surface area contributed by atoms with Gasteiger partial charge in [0.2, 0.25) is 0 Å². The third kappa shape index (κ3) is 4.22. The zero-order chi connectivity index (χ0) is 21.3. The van der Waals surface area contributed by atoms with Crippen molar-refractivity contribution >= 4 is 5.91 Å². The van der Waals surface area contributed by atoms with Gasteiger partial charge in [-0.2, -0.15) is 13.2 Å². The molecule has 30 heavy (non-hydrogen) atoms. The highest BCUT2D eigenvalue weighted by atomic mass is 19.4. The topological polar surface area (TPSA) is 77.0 Å². The number of alkyl halides is 3. The van der Waals surface area contributed by atoms with Gasteiger partial charge in [0.05, 0.1) is 12.9 Å². The summed E-state index contributed by atoms with van der Waals surface area (Å²) in [5.74, 6) is 0.307. The van der Waals surface area contributed by atoms with E-state index in [9.17, 15) is 18.0 Å². The van der Waals surface area contributed by atoms with Crippen molar-refractivity contribution in [2.45, 2.75) is 38.4 Å². The van der Waals surface area contributed by atoms with Crippen molar-refractivity contribution < 1.29 is 22.4 Å². The fraction of sp³-hybridized carbons (Fsp3) is 0.400. The predicted molar refractivity (Wildman–Crippen MR) is 99.7 cm³/mol. The number of rotatable bonds is 5. The van der Waals surface area contributed by atoms with E-state index >= 15 is 0 Å². The van der Waals surface area contributed by atoms with Crippen LogP contribution in [-0.2, 0) is 19.1 Å². The minimum absolute atomic E-state index is 0.136. The van der Waals surface area contributed by atoms with Crippen LogP contribution in [0.15, 0.2) is 41.3 Å². The fourth-order valence-corrected chi connectivity index (χ4v) is 3.48. The Kier molecular flexibility index (Phi) is 5.31. The molecule has 0 N–H and O–H groups in total. The lowest BCUT2D eigenvalue weighted by molar-refractivity contribution is -0.141. The van der Waals surface area contributed by atoms with Crippen LogP contribution in [-0.4, -0.2) is 43.4 Å². The van der Waals surface area contributed by atoms with E-state index in [0.717, 1.165) is 6.07 Å². The maximum absolute atomic E-state index is 13.2. The molecular formula is C20H20F3N5O2. The van der Waals surface area contributed by atoms with Gasteiger partial charge in [-0.05, 0) is 31.0 Å². The normalized spacial score (nSPS) is 16.9. The summed E-state index contributed by atoms with van der Waals surface area (Å²) in [6.45, 7) is 2.85. The highest BCUT2D eigenvalue weighted by molar-refractivity contribution is 5.91. The Morgan fingerprint density at radius 2 is 2.13 bits per heavy atom. The molecule has 0 saturated carbocycles. The molecule has 7 nitrogen and oxygen atoms in total. The summed E-state index contributed by atoms with van der Waals surface area (Å²) in [5.41, 5.74) is -0.600. The van der Waals surface area contributed by atoms with Crippen LogP contribution in [0.3, 0.4) is 0 Å². The van der Waals surface area contributed by atoms with E-state index in [2.05, 4.69) is 15.0 Å². The second-order valence-corrected chi connectivity index (χ2v) is 7.19. The predicted octanol–water partition coefficient (Wildman–Crippen LogP) is 3.53. The summed E-state index contributed by atoms with van der Waals surface area (Å²) in [6, 6.07) is 4.31. The lowest BCUT2D eigenvalue weighted by Crippen LogP contribution is -2.28. The van der Waals surface area contributed by atoms with Gasteiger partial charge < -0.3 is 13.9 Å². The molecule has 1 saturated heterocycles. The highest BCUT2D eigenvalue weighted by Gasteiger charge is 2.36. The molecule has 1 amide bonds. The number of hydrogen-bond acceptors (Lipinski definition) is 5. The van der Waals surface area contributed by atoms with Crippen molar-refractivity contribution in [2.24, 2.45) is 0 Å². The molecule has 1 aliphatic heterocycles. The molecular weight excluding hydrogens is 399 g/mol. The molecule has 0 radical (unpaired) electrons. The van der Waals surface area contributed by atoms with Crippen LogP contribution in [0.5, 0.6) is 0 Å². The minimum Gasteiger partial charge on any atom is -0.454 e. The first-order chi connectivity index (χ1) is 14.3. The number of carbonyl (C=O) groups is 1. The third-order valence-corrected chi connectivity index (χ3v) is 5.06. The molecule has 4 rings (SSSR count). The van der Waals surface area contributed by atoms with Crippen LogP contribution < -0.4 is 0 Å². The van der Waals surface area contributed by atoms with Gasteiger partial charge in [-0.1, -0.05) is 6.92 Å². The lowest BCUT2D eigenvalue weighted by atomic mass is 10.1. The number of halogens is 3. The van der Waals surface area contributed by atoms with E-state index in [1.54, 1.807) is 42.7 Å². The van der Waals surface area contributed by atoms with Gasteiger partial charge in [-0.3, -0.25) is 4.79 Å². The first kappa shape index (κ1) is 20.1. The third-order valence-electron chi connectivity index (χ3n) is 5.06. The van der Waals surface area contributed by atoms with Gasteiger partial charge in [-0.15, -0.1) is 0 Å². The monoisotopic (exact) mass is 419 g/mol. The summed E-state index contributed by atoms with van der Waals surface area (Å²) in [5, 5.41) is 0. The molecule has 0 spiro atoms. The first-order valence-corrected chi connectivity index (χ1v) is 9.62.